The second-order valence-electron chi connectivity index (χ2n) is 7.87. The quantitative estimate of drug-likeness (QED) is 0.354. The van der Waals surface area contributed by atoms with E-state index in [1.165, 1.54) is 19.1 Å². The van der Waals surface area contributed by atoms with E-state index in [0.29, 0.717) is 48.1 Å². The maximum Gasteiger partial charge on any atom is 0.295 e. The molecule has 8 heteroatoms. The van der Waals surface area contributed by atoms with Crippen LogP contribution in [0.2, 0.25) is 0 Å². The molecule has 1 unspecified atom stereocenters. The predicted octanol–water partition coefficient (Wildman–Crippen LogP) is 3.09. The number of carbonyl (C=O) groups is 2. The van der Waals surface area contributed by atoms with Crippen LogP contribution in [0.1, 0.15) is 24.1 Å². The second kappa shape index (κ2) is 10.4. The highest BCUT2D eigenvalue weighted by Gasteiger charge is 2.46. The molecule has 0 radical (unpaired) electrons. The fourth-order valence-corrected chi connectivity index (χ4v) is 3.84. The Kier molecular flexibility index (Phi) is 7.60. The second-order valence-corrected chi connectivity index (χ2v) is 7.87. The number of carbonyl (C=O) groups excluding carboxylic acids is 2. The number of ketones is 1. The van der Waals surface area contributed by atoms with Crippen molar-refractivity contribution in [2.45, 2.75) is 13.0 Å². The van der Waals surface area contributed by atoms with Gasteiger partial charge in [0.1, 0.15) is 11.5 Å². The zero-order valence-electron chi connectivity index (χ0n) is 19.6. The summed E-state index contributed by atoms with van der Waals surface area (Å²) in [5.41, 5.74) is 1.06. The van der Waals surface area contributed by atoms with Crippen molar-refractivity contribution in [2.24, 2.45) is 0 Å². The number of Topliss-reactive ketones (excluding diaryl/α,β-unsaturated/α-hetero) is 1. The van der Waals surface area contributed by atoms with Gasteiger partial charge in [-0.15, -0.1) is 0 Å². The van der Waals surface area contributed by atoms with Gasteiger partial charge in [-0.1, -0.05) is 18.2 Å². The molecule has 1 amide bonds. The average Bonchev–Trinajstić information content (AvgIpc) is 3.07. The van der Waals surface area contributed by atoms with E-state index in [4.69, 9.17) is 14.2 Å². The normalized spacial score (nSPS) is 17.5. The lowest BCUT2D eigenvalue weighted by molar-refractivity contribution is -0.140. The molecule has 1 fully saturated rings. The van der Waals surface area contributed by atoms with E-state index in [9.17, 15) is 14.7 Å². The fraction of sp³-hybridized carbons (Fsp3) is 0.360. The Morgan fingerprint density at radius 2 is 1.79 bits per heavy atom. The minimum absolute atomic E-state index is 0.0274. The molecule has 1 saturated heterocycles. The Morgan fingerprint density at radius 3 is 2.42 bits per heavy atom. The van der Waals surface area contributed by atoms with Crippen LogP contribution in [0, 0.1) is 0 Å². The maximum absolute atomic E-state index is 13.1. The van der Waals surface area contributed by atoms with Gasteiger partial charge in [-0.05, 0) is 50.8 Å². The fourth-order valence-electron chi connectivity index (χ4n) is 3.84. The molecule has 0 aromatic heterocycles. The van der Waals surface area contributed by atoms with Gasteiger partial charge in [-0.3, -0.25) is 9.59 Å². The number of amides is 1. The van der Waals surface area contributed by atoms with Crippen molar-refractivity contribution in [1.82, 2.24) is 9.80 Å². The number of likely N-dealkylation sites (tertiary alicyclic amines) is 1. The Labute approximate surface area is 194 Å². The Morgan fingerprint density at radius 1 is 1.06 bits per heavy atom. The Hall–Kier alpha value is -3.52. The summed E-state index contributed by atoms with van der Waals surface area (Å²) in [6, 6.07) is 11.3. The summed E-state index contributed by atoms with van der Waals surface area (Å²) in [6.07, 6.45) is 0. The SMILES string of the molecule is CCOc1cccc(/C(O)=C2/C(=O)C(=O)N(CCN(C)C)C2c2ccc(OC)c(OC)c2)c1. The number of hydrogen-bond acceptors (Lipinski definition) is 7. The van der Waals surface area contributed by atoms with Crippen LogP contribution in [0.4, 0.5) is 0 Å². The number of benzene rings is 2. The highest BCUT2D eigenvalue weighted by atomic mass is 16.5. The van der Waals surface area contributed by atoms with E-state index in [0.717, 1.165) is 0 Å². The molecule has 1 heterocycles. The molecule has 3 rings (SSSR count). The summed E-state index contributed by atoms with van der Waals surface area (Å²) in [4.78, 5) is 29.6. The van der Waals surface area contributed by atoms with Crippen molar-refractivity contribution < 1.29 is 28.9 Å². The molecule has 176 valence electrons. The topological polar surface area (TPSA) is 88.5 Å². The van der Waals surface area contributed by atoms with Gasteiger partial charge >= 0.3 is 0 Å². The number of methoxy groups -OCH3 is 2. The van der Waals surface area contributed by atoms with Gasteiger partial charge in [0.2, 0.25) is 0 Å². The number of likely N-dealkylation sites (N-methyl/N-ethyl adjacent to an activating group) is 1. The molecule has 0 aliphatic carbocycles. The molecule has 1 aliphatic heterocycles. The summed E-state index contributed by atoms with van der Waals surface area (Å²) in [5, 5.41) is 11.2. The van der Waals surface area contributed by atoms with Crippen LogP contribution in [0.5, 0.6) is 17.2 Å². The molecule has 2 aromatic rings. The highest BCUT2D eigenvalue weighted by Crippen LogP contribution is 2.42. The molecular formula is C25H30N2O6. The van der Waals surface area contributed by atoms with Crippen LogP contribution in [-0.4, -0.2) is 74.6 Å². The van der Waals surface area contributed by atoms with Crippen LogP contribution in [0.3, 0.4) is 0 Å². The third kappa shape index (κ3) is 4.96. The first-order valence-electron chi connectivity index (χ1n) is 10.7. The van der Waals surface area contributed by atoms with E-state index in [1.807, 2.05) is 25.9 Å². The molecule has 2 aromatic carbocycles. The van der Waals surface area contributed by atoms with E-state index in [2.05, 4.69) is 0 Å². The molecule has 0 bridgehead atoms. The maximum atomic E-state index is 13.1. The molecule has 1 aliphatic rings. The van der Waals surface area contributed by atoms with Gasteiger partial charge in [-0.2, -0.15) is 0 Å². The van der Waals surface area contributed by atoms with Crippen LogP contribution in [0.15, 0.2) is 48.0 Å². The summed E-state index contributed by atoms with van der Waals surface area (Å²) in [5.74, 6) is -0.0810. The van der Waals surface area contributed by atoms with E-state index in [1.54, 1.807) is 42.5 Å². The summed E-state index contributed by atoms with van der Waals surface area (Å²) in [6.45, 7) is 3.19. The van der Waals surface area contributed by atoms with E-state index >= 15 is 0 Å². The zero-order chi connectivity index (χ0) is 24.1. The van der Waals surface area contributed by atoms with Gasteiger partial charge in [0.15, 0.2) is 11.5 Å². The van der Waals surface area contributed by atoms with Crippen LogP contribution in [-0.2, 0) is 9.59 Å². The van der Waals surface area contributed by atoms with Crippen molar-refractivity contribution in [3.63, 3.8) is 0 Å². The van der Waals surface area contributed by atoms with E-state index < -0.39 is 17.7 Å². The third-order valence-corrected chi connectivity index (χ3v) is 5.47. The van der Waals surface area contributed by atoms with Crippen molar-refractivity contribution in [2.75, 3.05) is 48.0 Å². The lowest BCUT2D eigenvalue weighted by atomic mass is 9.95. The molecule has 1 N–H and O–H groups in total. The van der Waals surface area contributed by atoms with Crippen molar-refractivity contribution in [3.05, 3.63) is 59.2 Å². The van der Waals surface area contributed by atoms with Crippen LogP contribution in [0.25, 0.3) is 5.76 Å². The number of aliphatic hydroxyl groups excluding tert-OH is 1. The van der Waals surface area contributed by atoms with Gasteiger partial charge in [-0.25, -0.2) is 0 Å². The first kappa shape index (κ1) is 24.1. The molecular weight excluding hydrogens is 424 g/mol. The van der Waals surface area contributed by atoms with E-state index in [-0.39, 0.29) is 11.3 Å². The minimum atomic E-state index is -0.777. The average molecular weight is 455 g/mol. The van der Waals surface area contributed by atoms with Gasteiger partial charge in [0, 0.05) is 18.7 Å². The first-order chi connectivity index (χ1) is 15.8. The third-order valence-electron chi connectivity index (χ3n) is 5.47. The van der Waals surface area contributed by atoms with Gasteiger partial charge < -0.3 is 29.1 Å². The van der Waals surface area contributed by atoms with Crippen molar-refractivity contribution >= 4 is 17.4 Å². The predicted molar refractivity (Wildman–Crippen MR) is 125 cm³/mol. The molecule has 1 atom stereocenters. The molecule has 33 heavy (non-hydrogen) atoms. The number of rotatable bonds is 9. The largest absolute Gasteiger partial charge is 0.507 e. The zero-order valence-corrected chi connectivity index (χ0v) is 19.6. The number of nitrogens with zero attached hydrogens (tertiary/aromatic N) is 2. The lowest BCUT2D eigenvalue weighted by Gasteiger charge is -2.27. The molecule has 0 saturated carbocycles. The van der Waals surface area contributed by atoms with Crippen LogP contribution < -0.4 is 14.2 Å². The van der Waals surface area contributed by atoms with Crippen LogP contribution >= 0.6 is 0 Å². The molecule has 8 nitrogen and oxygen atoms in total. The Bertz CT molecular complexity index is 1060. The van der Waals surface area contributed by atoms with Crippen molar-refractivity contribution in [1.29, 1.82) is 0 Å². The summed E-state index contributed by atoms with van der Waals surface area (Å²) in [7, 11) is 6.83. The minimum Gasteiger partial charge on any atom is -0.507 e. The first-order valence-corrected chi connectivity index (χ1v) is 10.7. The lowest BCUT2D eigenvalue weighted by Crippen LogP contribution is -2.35. The molecule has 0 spiro atoms. The van der Waals surface area contributed by atoms with Gasteiger partial charge in [0.05, 0.1) is 32.4 Å². The summed E-state index contributed by atoms with van der Waals surface area (Å²) < 4.78 is 16.3. The smallest absolute Gasteiger partial charge is 0.295 e. The number of ether oxygens (including phenoxy) is 3. The van der Waals surface area contributed by atoms with Gasteiger partial charge in [0.25, 0.3) is 11.7 Å². The monoisotopic (exact) mass is 454 g/mol. The number of hydrogen-bond donors (Lipinski definition) is 1. The standard InChI is InChI=1S/C25H30N2O6/c1-6-33-18-9-7-8-17(14-18)23(28)21-22(16-10-11-19(31-4)20(15-16)32-5)27(13-12-26(2)3)25(30)24(21)29/h7-11,14-15,22,28H,6,12-13H2,1-5H3/b23-21-. The highest BCUT2D eigenvalue weighted by molar-refractivity contribution is 6.46. The summed E-state index contributed by atoms with van der Waals surface area (Å²) >= 11 is 0. The Balaban J connectivity index is 2.17. The number of aliphatic hydroxyl groups is 1. The van der Waals surface area contributed by atoms with Crippen molar-refractivity contribution in [3.8, 4) is 17.2 Å².